The lowest BCUT2D eigenvalue weighted by Crippen LogP contribution is -2.32. The minimum absolute atomic E-state index is 0.0459. The summed E-state index contributed by atoms with van der Waals surface area (Å²) in [5.41, 5.74) is 2.45. The van der Waals surface area contributed by atoms with E-state index in [9.17, 15) is 9.59 Å². The number of rotatable bonds is 8. The maximum atomic E-state index is 12.3. The van der Waals surface area contributed by atoms with Crippen LogP contribution in [0.1, 0.15) is 42.5 Å². The maximum Gasteiger partial charge on any atom is 0.319 e. The molecule has 154 valence electrons. The molecule has 1 aliphatic carbocycles. The lowest BCUT2D eigenvalue weighted by atomic mass is 10.1. The van der Waals surface area contributed by atoms with Gasteiger partial charge in [0.05, 0.1) is 0 Å². The molecule has 0 atom stereocenters. The molecule has 3 amide bonds. The molecule has 0 aliphatic heterocycles. The summed E-state index contributed by atoms with van der Waals surface area (Å²) in [7, 11) is 2.04. The largest absolute Gasteiger partial charge is 0.375 e. The summed E-state index contributed by atoms with van der Waals surface area (Å²) in [6.45, 7) is 1.44. The number of urea groups is 1. The summed E-state index contributed by atoms with van der Waals surface area (Å²) in [4.78, 5) is 26.5. The minimum Gasteiger partial charge on any atom is -0.375 e. The number of para-hydroxylation sites is 1. The lowest BCUT2D eigenvalue weighted by Gasteiger charge is -2.19. The topological polar surface area (TPSA) is 73.5 Å². The average molecular weight is 395 g/mol. The molecule has 0 bridgehead atoms. The summed E-state index contributed by atoms with van der Waals surface area (Å²) < 4.78 is 0. The molecule has 6 nitrogen and oxygen atoms in total. The Morgan fingerprint density at radius 1 is 1.00 bits per heavy atom. The van der Waals surface area contributed by atoms with E-state index in [2.05, 4.69) is 33.0 Å². The molecule has 0 heterocycles. The van der Waals surface area contributed by atoms with Gasteiger partial charge in [-0.2, -0.15) is 0 Å². The van der Waals surface area contributed by atoms with E-state index in [0.29, 0.717) is 23.8 Å². The van der Waals surface area contributed by atoms with Crippen molar-refractivity contribution in [1.29, 1.82) is 0 Å². The molecule has 1 fully saturated rings. The van der Waals surface area contributed by atoms with Crippen LogP contribution in [0.4, 0.5) is 16.2 Å². The molecule has 0 saturated heterocycles. The molecule has 3 N–H and O–H groups in total. The SMILES string of the molecule is CN(CCCNC(=O)Nc1ccc(C(=O)NC2CCCC2)cc1)c1ccccc1. The van der Waals surface area contributed by atoms with Gasteiger partial charge in [0.15, 0.2) is 0 Å². The highest BCUT2D eigenvalue weighted by Gasteiger charge is 2.17. The van der Waals surface area contributed by atoms with Gasteiger partial charge in [-0.1, -0.05) is 31.0 Å². The van der Waals surface area contributed by atoms with Crippen LogP contribution in [0, 0.1) is 0 Å². The van der Waals surface area contributed by atoms with Crippen molar-refractivity contribution in [3.8, 4) is 0 Å². The third kappa shape index (κ3) is 6.52. The summed E-state index contributed by atoms with van der Waals surface area (Å²) in [6, 6.07) is 17.2. The number of hydrogen-bond acceptors (Lipinski definition) is 3. The normalized spacial score (nSPS) is 13.7. The van der Waals surface area contributed by atoms with Crippen LogP contribution in [0.5, 0.6) is 0 Å². The van der Waals surface area contributed by atoms with Gasteiger partial charge in [0.1, 0.15) is 0 Å². The Balaban J connectivity index is 1.36. The first kappa shape index (κ1) is 20.7. The second-order valence-corrected chi connectivity index (χ2v) is 7.52. The van der Waals surface area contributed by atoms with Crippen LogP contribution in [-0.4, -0.2) is 38.1 Å². The van der Waals surface area contributed by atoms with Gasteiger partial charge in [-0.15, -0.1) is 0 Å². The summed E-state index contributed by atoms with van der Waals surface area (Å²) in [6.07, 6.45) is 5.34. The number of carbonyl (C=O) groups excluding carboxylic acids is 2. The van der Waals surface area contributed by atoms with Gasteiger partial charge in [0, 0.05) is 43.1 Å². The quantitative estimate of drug-likeness (QED) is 0.593. The second kappa shape index (κ2) is 10.5. The number of anilines is 2. The summed E-state index contributed by atoms with van der Waals surface area (Å²) >= 11 is 0. The Labute approximate surface area is 172 Å². The fraction of sp³-hybridized carbons (Fsp3) is 0.391. The molecular weight excluding hydrogens is 364 g/mol. The van der Waals surface area contributed by atoms with Crippen LogP contribution >= 0.6 is 0 Å². The van der Waals surface area contributed by atoms with Crippen molar-refractivity contribution < 1.29 is 9.59 Å². The molecule has 0 unspecified atom stereocenters. The Kier molecular flexibility index (Phi) is 7.50. The Morgan fingerprint density at radius 2 is 1.69 bits per heavy atom. The molecule has 1 aliphatic rings. The van der Waals surface area contributed by atoms with Crippen LogP contribution < -0.4 is 20.9 Å². The zero-order valence-corrected chi connectivity index (χ0v) is 17.0. The lowest BCUT2D eigenvalue weighted by molar-refractivity contribution is 0.0938. The van der Waals surface area contributed by atoms with Crippen molar-refractivity contribution in [3.63, 3.8) is 0 Å². The van der Waals surface area contributed by atoms with Crippen LogP contribution in [0.2, 0.25) is 0 Å². The van der Waals surface area contributed by atoms with E-state index < -0.39 is 0 Å². The molecule has 3 rings (SSSR count). The van der Waals surface area contributed by atoms with E-state index in [1.807, 2.05) is 25.2 Å². The average Bonchev–Trinajstić information content (AvgIpc) is 3.25. The second-order valence-electron chi connectivity index (χ2n) is 7.52. The van der Waals surface area contributed by atoms with Gasteiger partial charge >= 0.3 is 6.03 Å². The van der Waals surface area contributed by atoms with Crippen molar-refractivity contribution in [2.75, 3.05) is 30.4 Å². The molecule has 6 heteroatoms. The Bertz CT molecular complexity index is 786. The van der Waals surface area contributed by atoms with Crippen LogP contribution in [0.3, 0.4) is 0 Å². The van der Waals surface area contributed by atoms with E-state index in [4.69, 9.17) is 0 Å². The molecule has 2 aromatic rings. The maximum absolute atomic E-state index is 12.3. The molecular formula is C23H30N4O2. The number of nitrogens with zero attached hydrogens (tertiary/aromatic N) is 1. The smallest absolute Gasteiger partial charge is 0.319 e. The highest BCUT2D eigenvalue weighted by atomic mass is 16.2. The van der Waals surface area contributed by atoms with Crippen molar-refractivity contribution in [1.82, 2.24) is 10.6 Å². The Morgan fingerprint density at radius 3 is 2.38 bits per heavy atom. The van der Waals surface area contributed by atoms with Crippen LogP contribution in [0.25, 0.3) is 0 Å². The van der Waals surface area contributed by atoms with Gasteiger partial charge in [0.2, 0.25) is 0 Å². The van der Waals surface area contributed by atoms with Crippen LogP contribution in [-0.2, 0) is 0 Å². The van der Waals surface area contributed by atoms with Crippen molar-refractivity contribution in [3.05, 3.63) is 60.2 Å². The van der Waals surface area contributed by atoms with Crippen molar-refractivity contribution in [2.45, 2.75) is 38.1 Å². The van der Waals surface area contributed by atoms with E-state index in [0.717, 1.165) is 31.5 Å². The summed E-state index contributed by atoms with van der Waals surface area (Å²) in [5, 5.41) is 8.74. The van der Waals surface area contributed by atoms with E-state index in [1.165, 1.54) is 12.8 Å². The number of nitrogens with one attached hydrogen (secondary N) is 3. The Hall–Kier alpha value is -3.02. The molecule has 0 aromatic heterocycles. The van der Waals surface area contributed by atoms with Crippen LogP contribution in [0.15, 0.2) is 54.6 Å². The number of benzene rings is 2. The van der Waals surface area contributed by atoms with E-state index >= 15 is 0 Å². The van der Waals surface area contributed by atoms with Gasteiger partial charge < -0.3 is 20.9 Å². The highest BCUT2D eigenvalue weighted by molar-refractivity contribution is 5.95. The zero-order valence-electron chi connectivity index (χ0n) is 17.0. The number of amides is 3. The molecule has 1 saturated carbocycles. The number of carbonyl (C=O) groups is 2. The molecule has 0 spiro atoms. The van der Waals surface area contributed by atoms with Crippen molar-refractivity contribution >= 4 is 23.3 Å². The van der Waals surface area contributed by atoms with Gasteiger partial charge in [0.25, 0.3) is 5.91 Å². The van der Waals surface area contributed by atoms with E-state index in [-0.39, 0.29) is 11.9 Å². The van der Waals surface area contributed by atoms with Gasteiger partial charge in [-0.05, 0) is 55.7 Å². The zero-order chi connectivity index (χ0) is 20.5. The minimum atomic E-state index is -0.240. The first-order chi connectivity index (χ1) is 14.1. The third-order valence-corrected chi connectivity index (χ3v) is 5.25. The molecule has 2 aromatic carbocycles. The van der Waals surface area contributed by atoms with E-state index in [1.54, 1.807) is 24.3 Å². The summed E-state index contributed by atoms with van der Waals surface area (Å²) in [5.74, 6) is -0.0459. The molecule has 0 radical (unpaired) electrons. The highest BCUT2D eigenvalue weighted by Crippen LogP contribution is 2.18. The standard InChI is InChI=1S/C23H30N4O2/c1-27(21-10-3-2-4-11-21)17-7-16-24-23(29)26-20-14-12-18(13-15-20)22(28)25-19-8-5-6-9-19/h2-4,10-15,19H,5-9,16-17H2,1H3,(H,25,28)(H2,24,26,29). The molecule has 29 heavy (non-hydrogen) atoms. The fourth-order valence-electron chi connectivity index (χ4n) is 3.55. The monoisotopic (exact) mass is 394 g/mol. The number of hydrogen-bond donors (Lipinski definition) is 3. The fourth-order valence-corrected chi connectivity index (χ4v) is 3.55. The predicted octanol–water partition coefficient (Wildman–Crippen LogP) is 4.01. The van der Waals surface area contributed by atoms with Gasteiger partial charge in [-0.25, -0.2) is 4.79 Å². The predicted molar refractivity (Wildman–Crippen MR) is 118 cm³/mol. The van der Waals surface area contributed by atoms with Gasteiger partial charge in [-0.3, -0.25) is 4.79 Å². The van der Waals surface area contributed by atoms with Crippen molar-refractivity contribution in [2.24, 2.45) is 0 Å². The first-order valence-corrected chi connectivity index (χ1v) is 10.3. The first-order valence-electron chi connectivity index (χ1n) is 10.3. The third-order valence-electron chi connectivity index (χ3n) is 5.25.